The minimum atomic E-state index is 0. The number of hydrogen-bond acceptors (Lipinski definition) is 1. The molecule has 0 aliphatic heterocycles. The van der Waals surface area contributed by atoms with Gasteiger partial charge in [-0.1, -0.05) is 27.2 Å². The number of rotatable bonds is 6. The molecule has 0 atom stereocenters. The summed E-state index contributed by atoms with van der Waals surface area (Å²) in [5.74, 6) is 0. The summed E-state index contributed by atoms with van der Waals surface area (Å²) in [5, 5.41) is 4.04. The van der Waals surface area contributed by atoms with Crippen LogP contribution in [0.15, 0.2) is 0 Å². The summed E-state index contributed by atoms with van der Waals surface area (Å²) in [6.07, 6.45) is 2.45. The molecule has 0 heterocycles. The van der Waals surface area contributed by atoms with E-state index in [1.807, 2.05) is 20.9 Å². The molecule has 0 aromatic rings. The van der Waals surface area contributed by atoms with Crippen LogP contribution in [0.3, 0.4) is 0 Å². The smallest absolute Gasteiger partial charge is 0 e. The molecule has 3 heteroatoms. The Labute approximate surface area is 98.1 Å². The fraction of sp³-hybridized carbons (Fsp3) is 1.00. The Bertz CT molecular complexity index is 69.9. The molecule has 0 aromatic heterocycles. The molecule has 0 fully saturated rings. The van der Waals surface area contributed by atoms with Crippen LogP contribution in [0.5, 0.6) is 0 Å². The molecule has 0 N–H and O–H groups in total. The summed E-state index contributed by atoms with van der Waals surface area (Å²) in [6, 6.07) is 0. The van der Waals surface area contributed by atoms with E-state index in [-0.39, 0.29) is 20.4 Å². The van der Waals surface area contributed by atoms with E-state index in [4.69, 9.17) is 0 Å². The van der Waals surface area contributed by atoms with Gasteiger partial charge in [-0.05, 0) is 26.6 Å². The average Bonchev–Trinajstić information content (AvgIpc) is 2.09. The number of nitrogens with zero attached hydrogens (tertiary/aromatic N) is 2. The van der Waals surface area contributed by atoms with Gasteiger partial charge in [0.15, 0.2) is 0 Å². The van der Waals surface area contributed by atoms with Crippen molar-refractivity contribution < 1.29 is 20.4 Å². The van der Waals surface area contributed by atoms with Crippen molar-refractivity contribution in [3.63, 3.8) is 0 Å². The molecule has 13 heavy (non-hydrogen) atoms. The number of hydrogen-bond donors (Lipinski definition) is 0. The second-order valence-corrected chi connectivity index (χ2v) is 2.70. The zero-order valence-electron chi connectivity index (χ0n) is 9.75. The van der Waals surface area contributed by atoms with Crippen LogP contribution in [-0.4, -0.2) is 38.6 Å². The monoisotopic (exact) mass is 279 g/mol. The third-order valence-electron chi connectivity index (χ3n) is 1.53. The van der Waals surface area contributed by atoms with Crippen molar-refractivity contribution in [3.8, 4) is 0 Å². The predicted octanol–water partition coefficient (Wildman–Crippen LogP) is 2.75. The van der Waals surface area contributed by atoms with Gasteiger partial charge in [0.25, 0.3) is 0 Å². The second kappa shape index (κ2) is 18.4. The summed E-state index contributed by atoms with van der Waals surface area (Å²) in [6.45, 7) is 9.61. The molecular weight excluding hydrogens is 255 g/mol. The maximum atomic E-state index is 4.04. The third kappa shape index (κ3) is 19.1. The van der Waals surface area contributed by atoms with Gasteiger partial charge in [0, 0.05) is 20.4 Å². The minimum Gasteiger partial charge on any atom is -0.665 e. The van der Waals surface area contributed by atoms with Crippen molar-refractivity contribution in [1.82, 2.24) is 4.90 Å². The van der Waals surface area contributed by atoms with Crippen LogP contribution in [0.25, 0.3) is 5.32 Å². The Kier molecular flexibility index (Phi) is 27.2. The zero-order chi connectivity index (χ0) is 9.82. The molecule has 0 amide bonds. The van der Waals surface area contributed by atoms with Gasteiger partial charge >= 0.3 is 0 Å². The molecule has 0 saturated carbocycles. The molecular formula is C10H25N2Pd-. The van der Waals surface area contributed by atoms with Crippen molar-refractivity contribution in [3.05, 3.63) is 5.32 Å². The van der Waals surface area contributed by atoms with E-state index in [2.05, 4.69) is 24.2 Å². The van der Waals surface area contributed by atoms with E-state index in [9.17, 15) is 0 Å². The quantitative estimate of drug-likeness (QED) is 0.540. The molecule has 0 saturated heterocycles. The van der Waals surface area contributed by atoms with E-state index in [0.717, 1.165) is 6.54 Å². The normalized spacial score (nSPS) is 8.77. The fourth-order valence-electron chi connectivity index (χ4n) is 0.992. The largest absolute Gasteiger partial charge is 0.665 e. The molecule has 86 valence electrons. The molecule has 0 unspecified atom stereocenters. The van der Waals surface area contributed by atoms with E-state index in [1.54, 1.807) is 0 Å². The van der Waals surface area contributed by atoms with Crippen LogP contribution in [0.4, 0.5) is 0 Å². The van der Waals surface area contributed by atoms with E-state index >= 15 is 0 Å². The SMILES string of the molecule is CC.CCCN(C)CCC[N-]C.[Pd]. The average molecular weight is 280 g/mol. The van der Waals surface area contributed by atoms with E-state index < -0.39 is 0 Å². The van der Waals surface area contributed by atoms with Crippen LogP contribution >= 0.6 is 0 Å². The predicted molar refractivity (Wildman–Crippen MR) is 57.9 cm³/mol. The van der Waals surface area contributed by atoms with Gasteiger partial charge in [0.2, 0.25) is 0 Å². The Balaban J connectivity index is -0.000000309. The maximum Gasteiger partial charge on any atom is 0 e. The molecule has 0 bridgehead atoms. The second-order valence-electron chi connectivity index (χ2n) is 2.70. The maximum absolute atomic E-state index is 4.04. The van der Waals surface area contributed by atoms with Crippen molar-refractivity contribution in [2.24, 2.45) is 0 Å². The van der Waals surface area contributed by atoms with Crippen LogP contribution in [0.2, 0.25) is 0 Å². The van der Waals surface area contributed by atoms with Crippen LogP contribution in [0.1, 0.15) is 33.6 Å². The van der Waals surface area contributed by atoms with Gasteiger partial charge in [-0.15, -0.1) is 6.54 Å². The summed E-state index contributed by atoms with van der Waals surface area (Å²) in [4.78, 5) is 2.35. The Hall–Kier alpha value is 0.582. The van der Waals surface area contributed by atoms with Crippen LogP contribution < -0.4 is 0 Å². The van der Waals surface area contributed by atoms with E-state index in [1.165, 1.54) is 25.9 Å². The molecule has 0 aliphatic carbocycles. The Morgan fingerprint density at radius 2 is 1.69 bits per heavy atom. The fourth-order valence-corrected chi connectivity index (χ4v) is 0.992. The van der Waals surface area contributed by atoms with Crippen LogP contribution in [0, 0.1) is 0 Å². The third-order valence-corrected chi connectivity index (χ3v) is 1.53. The molecule has 2 nitrogen and oxygen atoms in total. The molecule has 0 spiro atoms. The summed E-state index contributed by atoms with van der Waals surface area (Å²) in [7, 11) is 4.04. The molecule has 0 rings (SSSR count). The zero-order valence-corrected chi connectivity index (χ0v) is 11.3. The summed E-state index contributed by atoms with van der Waals surface area (Å²) < 4.78 is 0. The molecule has 0 aromatic carbocycles. The first-order chi connectivity index (χ1) is 5.81. The van der Waals surface area contributed by atoms with Gasteiger partial charge in [-0.25, -0.2) is 0 Å². The first-order valence-corrected chi connectivity index (χ1v) is 5.05. The Morgan fingerprint density at radius 3 is 2.08 bits per heavy atom. The Morgan fingerprint density at radius 1 is 1.15 bits per heavy atom. The van der Waals surface area contributed by atoms with E-state index in [0.29, 0.717) is 0 Å². The first-order valence-electron chi connectivity index (χ1n) is 5.05. The van der Waals surface area contributed by atoms with Crippen molar-refractivity contribution in [2.75, 3.05) is 33.7 Å². The molecule has 0 aliphatic rings. The van der Waals surface area contributed by atoms with Crippen molar-refractivity contribution in [2.45, 2.75) is 33.6 Å². The van der Waals surface area contributed by atoms with Crippen molar-refractivity contribution >= 4 is 0 Å². The van der Waals surface area contributed by atoms with Gasteiger partial charge in [0.1, 0.15) is 0 Å². The van der Waals surface area contributed by atoms with Gasteiger partial charge in [-0.2, -0.15) is 7.05 Å². The van der Waals surface area contributed by atoms with Gasteiger partial charge in [-0.3, -0.25) is 0 Å². The molecule has 0 radical (unpaired) electrons. The van der Waals surface area contributed by atoms with Crippen molar-refractivity contribution in [1.29, 1.82) is 0 Å². The van der Waals surface area contributed by atoms with Gasteiger partial charge < -0.3 is 10.2 Å². The summed E-state index contributed by atoms with van der Waals surface area (Å²) in [5.41, 5.74) is 0. The standard InChI is InChI=1S/C8H19N2.C2H6.Pd/c1-4-7-10(3)8-5-6-9-2;1-2;/h4-8H2,1-3H3;1-2H3;/q-1;;. The van der Waals surface area contributed by atoms with Gasteiger partial charge in [0.05, 0.1) is 0 Å². The topological polar surface area (TPSA) is 17.3 Å². The first kappa shape index (κ1) is 19.2. The minimum absolute atomic E-state index is 0. The summed E-state index contributed by atoms with van der Waals surface area (Å²) >= 11 is 0. The van der Waals surface area contributed by atoms with Crippen LogP contribution in [-0.2, 0) is 20.4 Å².